The predicted octanol–water partition coefficient (Wildman–Crippen LogP) is 3.37. The lowest BCUT2D eigenvalue weighted by Crippen LogP contribution is -2.30. The number of carbonyl (C=O) groups excluding carboxylic acids is 1. The van der Waals surface area contributed by atoms with Gasteiger partial charge in [-0.2, -0.15) is 13.5 Å². The normalized spacial score (nSPS) is 12.1. The Hall–Kier alpha value is -3.04. The van der Waals surface area contributed by atoms with Crippen molar-refractivity contribution < 1.29 is 18.8 Å². The summed E-state index contributed by atoms with van der Waals surface area (Å²) in [6, 6.07) is 10.1. The molecule has 0 unspecified atom stereocenters. The molecule has 0 saturated carbocycles. The van der Waals surface area contributed by atoms with Gasteiger partial charge in [-0.25, -0.2) is 0 Å². The Kier molecular flexibility index (Phi) is 7.19. The largest absolute Gasteiger partial charge is 0.427 e. The van der Waals surface area contributed by atoms with E-state index in [0.717, 1.165) is 0 Å². The minimum Gasteiger partial charge on any atom is -0.427 e. The van der Waals surface area contributed by atoms with Gasteiger partial charge in [-0.15, -0.1) is 0 Å². The second kappa shape index (κ2) is 9.84. The van der Waals surface area contributed by atoms with Crippen molar-refractivity contribution >= 4 is 29.1 Å². The Morgan fingerprint density at radius 3 is 2.58 bits per heavy atom. The Bertz CT molecular complexity index is 1140. The van der Waals surface area contributed by atoms with E-state index in [-0.39, 0.29) is 29.2 Å². The number of halogens is 4. The van der Waals surface area contributed by atoms with E-state index in [0.29, 0.717) is 15.4 Å². The molecule has 3 aromatic rings. The Balaban J connectivity index is 1.75. The second-order valence-corrected chi connectivity index (χ2v) is 7.23. The second-order valence-electron chi connectivity index (χ2n) is 6.42. The van der Waals surface area contributed by atoms with Crippen molar-refractivity contribution in [2.75, 3.05) is 6.54 Å². The first-order valence-electron chi connectivity index (χ1n) is 9.03. The highest BCUT2D eigenvalue weighted by atomic mass is 35.5. The molecule has 3 aromatic heterocycles. The maximum Gasteiger partial charge on any atom is 0.308 e. The van der Waals surface area contributed by atoms with Crippen LogP contribution in [0.3, 0.4) is 0 Å². The van der Waals surface area contributed by atoms with E-state index in [2.05, 4.69) is 20.3 Å². The van der Waals surface area contributed by atoms with Gasteiger partial charge in [0.15, 0.2) is 5.49 Å². The molecule has 7 nitrogen and oxygen atoms in total. The lowest BCUT2D eigenvalue weighted by atomic mass is 10.2. The number of alkyl halides is 2. The van der Waals surface area contributed by atoms with Gasteiger partial charge < -0.3 is 10.5 Å². The van der Waals surface area contributed by atoms with E-state index in [4.69, 9.17) is 23.2 Å². The summed E-state index contributed by atoms with van der Waals surface area (Å²) in [6.07, 6.45) is 2.48. The third kappa shape index (κ3) is 5.77. The summed E-state index contributed by atoms with van der Waals surface area (Å²) in [7, 11) is 0. The van der Waals surface area contributed by atoms with Crippen molar-refractivity contribution in [3.63, 3.8) is 0 Å². The van der Waals surface area contributed by atoms with Gasteiger partial charge in [-0.1, -0.05) is 29.3 Å². The molecule has 0 aliphatic heterocycles. The average Bonchev–Trinajstić information content (AvgIpc) is 2.76. The molecule has 0 fully saturated rings. The van der Waals surface area contributed by atoms with E-state index in [1.807, 2.05) is 0 Å². The number of nitrogens with zero attached hydrogens (tertiary/aromatic N) is 4. The van der Waals surface area contributed by atoms with Crippen LogP contribution in [0.4, 0.5) is 8.78 Å². The van der Waals surface area contributed by atoms with E-state index >= 15 is 0 Å². The summed E-state index contributed by atoms with van der Waals surface area (Å²) in [5.41, 5.74) is -0.157. The van der Waals surface area contributed by atoms with E-state index in [9.17, 15) is 18.8 Å². The maximum atomic E-state index is 14.3. The van der Waals surface area contributed by atoms with Crippen LogP contribution in [-0.2, 0) is 23.7 Å². The molecular weight excluding hydrogens is 451 g/mol. The molecule has 0 aromatic carbocycles. The molecule has 0 bridgehead atoms. The van der Waals surface area contributed by atoms with Crippen LogP contribution in [0.15, 0.2) is 59.9 Å². The van der Waals surface area contributed by atoms with Gasteiger partial charge in [0, 0.05) is 12.4 Å². The molecule has 0 spiro atoms. The number of rotatable bonds is 7. The fourth-order valence-corrected chi connectivity index (χ4v) is 3.02. The number of aromatic nitrogens is 3. The highest BCUT2D eigenvalue weighted by molar-refractivity contribution is 6.31. The van der Waals surface area contributed by atoms with Crippen molar-refractivity contribution in [3.8, 4) is 0 Å². The molecule has 0 saturated heterocycles. The van der Waals surface area contributed by atoms with Gasteiger partial charge in [0.1, 0.15) is 12.2 Å². The van der Waals surface area contributed by atoms with Gasteiger partial charge >= 0.3 is 5.92 Å². The van der Waals surface area contributed by atoms with Crippen molar-refractivity contribution in [2.24, 2.45) is 4.99 Å². The van der Waals surface area contributed by atoms with Gasteiger partial charge in [-0.05, 0) is 36.4 Å². The summed E-state index contributed by atoms with van der Waals surface area (Å²) < 4.78 is 29.1. The zero-order valence-electron chi connectivity index (χ0n) is 16.0. The molecule has 2 N–H and O–H groups in total. The van der Waals surface area contributed by atoms with Crippen molar-refractivity contribution in [1.82, 2.24) is 20.0 Å². The summed E-state index contributed by atoms with van der Waals surface area (Å²) in [5.74, 6) is -3.82. The van der Waals surface area contributed by atoms with Crippen LogP contribution in [0.2, 0.25) is 10.0 Å². The predicted molar refractivity (Wildman–Crippen MR) is 110 cm³/mol. The maximum absolute atomic E-state index is 14.3. The first kappa shape index (κ1) is 22.6. The average molecular weight is 468 g/mol. The lowest BCUT2D eigenvalue weighted by molar-refractivity contribution is -0.120. The van der Waals surface area contributed by atoms with Crippen molar-refractivity contribution in [1.29, 1.82) is 0 Å². The van der Waals surface area contributed by atoms with Crippen LogP contribution < -0.4 is 10.8 Å². The molecular formula is C20H17Cl2F2N5O2. The third-order valence-electron chi connectivity index (χ3n) is 4.22. The van der Waals surface area contributed by atoms with E-state index in [1.165, 1.54) is 42.7 Å². The summed E-state index contributed by atoms with van der Waals surface area (Å²) in [4.78, 5) is 23.8. The quantitative estimate of drug-likeness (QED) is 0.521. The Morgan fingerprint density at radius 2 is 1.87 bits per heavy atom. The van der Waals surface area contributed by atoms with Crippen LogP contribution in [0.5, 0.6) is 0 Å². The summed E-state index contributed by atoms with van der Waals surface area (Å²) in [6.45, 7) is -0.877. The number of hydrogen-bond donors (Lipinski definition) is 2. The standard InChI is InChI=1S/C20H17Cl2F2N5O2/c21-13-4-3-9-25-15(13)11-27-19(30)10-16-14(22)6-7-18(29(16)31)28-12-20(23,24)17-5-1-2-8-26-17/h1-9,31H,10-12H2,(H,27,30). The zero-order chi connectivity index (χ0) is 22.4. The van der Waals surface area contributed by atoms with Crippen LogP contribution in [0, 0.1) is 0 Å². The van der Waals surface area contributed by atoms with Gasteiger partial charge in [0.05, 0.1) is 34.4 Å². The molecule has 3 heterocycles. The molecule has 31 heavy (non-hydrogen) atoms. The fourth-order valence-electron chi connectivity index (χ4n) is 2.62. The number of nitrogens with one attached hydrogen (secondary N) is 1. The summed E-state index contributed by atoms with van der Waals surface area (Å²) >= 11 is 12.1. The van der Waals surface area contributed by atoms with Crippen molar-refractivity contribution in [3.05, 3.63) is 87.5 Å². The van der Waals surface area contributed by atoms with E-state index < -0.39 is 24.1 Å². The van der Waals surface area contributed by atoms with Crippen molar-refractivity contribution in [2.45, 2.75) is 18.9 Å². The van der Waals surface area contributed by atoms with Gasteiger partial charge in [0.2, 0.25) is 5.91 Å². The van der Waals surface area contributed by atoms with Crippen LogP contribution >= 0.6 is 23.2 Å². The lowest BCUT2D eigenvalue weighted by Gasteiger charge is -2.14. The SMILES string of the molecule is O=C(Cc1c(Cl)ccc(=NCC(F)(F)c2ccccn2)n1O)NCc1ncccc1Cl. The van der Waals surface area contributed by atoms with Crippen LogP contribution in [0.25, 0.3) is 0 Å². The third-order valence-corrected chi connectivity index (χ3v) is 4.91. The Labute approximate surface area is 186 Å². The molecule has 0 radical (unpaired) electrons. The molecule has 1 amide bonds. The number of carbonyl (C=O) groups is 1. The van der Waals surface area contributed by atoms with E-state index in [1.54, 1.807) is 12.1 Å². The van der Waals surface area contributed by atoms with Gasteiger partial charge in [0.25, 0.3) is 0 Å². The fraction of sp³-hybridized carbons (Fsp3) is 0.200. The van der Waals surface area contributed by atoms with Gasteiger partial charge in [-0.3, -0.25) is 19.8 Å². The molecule has 0 aliphatic rings. The topological polar surface area (TPSA) is 92.4 Å². The smallest absolute Gasteiger partial charge is 0.308 e. The first-order valence-corrected chi connectivity index (χ1v) is 9.79. The molecule has 3 rings (SSSR count). The molecule has 0 aliphatic carbocycles. The number of amides is 1. The Morgan fingerprint density at radius 1 is 1.10 bits per heavy atom. The number of pyridine rings is 3. The first-order chi connectivity index (χ1) is 14.8. The molecule has 11 heteroatoms. The highest BCUT2D eigenvalue weighted by Crippen LogP contribution is 2.25. The van der Waals surface area contributed by atoms with Crippen LogP contribution in [0.1, 0.15) is 17.1 Å². The van der Waals surface area contributed by atoms with Crippen LogP contribution in [-0.4, -0.2) is 32.4 Å². The monoisotopic (exact) mass is 467 g/mol. The highest BCUT2D eigenvalue weighted by Gasteiger charge is 2.32. The minimum absolute atomic E-state index is 0.00585. The number of hydrogen-bond acceptors (Lipinski definition) is 5. The molecule has 162 valence electrons. The summed E-state index contributed by atoms with van der Waals surface area (Å²) in [5, 5.41) is 13.5. The molecule has 0 atom stereocenters. The minimum atomic E-state index is -3.34. The zero-order valence-corrected chi connectivity index (χ0v) is 17.5.